The standard InChI is InChI=1S/C56H96O11P6/c1-8-15-22-29-37-46-55-63-51(42-33-25-18-11-4)57-49(40-31-23-16-9-2)58-52(64-55,43-34-26-19-12-5)62-54(45-36-28-21-14-7)60-50(41-32-24-17-10-3)59-53(61-51,44-35-27-20-13-6)65-56(66-54,67-55)47-38-30-39-48-72(71-68)73(69)70/h23-38,49-50,71H,8-22,39-48,68-70H2,1-7H3/b31-23+,32-24+,33-25+,34-26+,35-27+,36-28+,37-29+,38-30+. The van der Waals surface area contributed by atoms with Gasteiger partial charge in [0, 0.05) is 51.4 Å². The molecule has 6 bridgehead atoms. The summed E-state index contributed by atoms with van der Waals surface area (Å²) in [5, 5.41) is 0. The van der Waals surface area contributed by atoms with Crippen molar-refractivity contribution >= 4 is 49.0 Å². The van der Waals surface area contributed by atoms with E-state index in [9.17, 15) is 0 Å². The summed E-state index contributed by atoms with van der Waals surface area (Å²) in [6.07, 6.45) is 48.0. The third-order valence-electron chi connectivity index (χ3n) is 12.0. The molecule has 0 saturated carbocycles. The van der Waals surface area contributed by atoms with Crippen molar-refractivity contribution < 1.29 is 52.1 Å². The molecule has 0 radical (unpaired) electrons. The predicted molar refractivity (Wildman–Crippen MR) is 316 cm³/mol. The van der Waals surface area contributed by atoms with E-state index in [4.69, 9.17) is 52.1 Å². The first-order valence-corrected chi connectivity index (χ1v) is 38.2. The average molecular weight is 1130 g/mol. The van der Waals surface area contributed by atoms with Crippen molar-refractivity contribution in [1.82, 2.24) is 0 Å². The fraction of sp³-hybridized carbons (Fsp3) is 0.714. The molecule has 4 fully saturated rings. The Kier molecular flexibility index (Phi) is 32.0. The predicted octanol–water partition coefficient (Wildman–Crippen LogP) is 18.6. The van der Waals surface area contributed by atoms with Gasteiger partial charge in [0.25, 0.3) is 35.8 Å². The maximum atomic E-state index is 7.58. The third kappa shape index (κ3) is 22.6. The first-order chi connectivity index (χ1) is 35.4. The molecule has 4 saturated heterocycles. The molecule has 4 aliphatic heterocycles. The lowest BCUT2D eigenvalue weighted by molar-refractivity contribution is -0.733. The van der Waals surface area contributed by atoms with E-state index in [0.29, 0.717) is 12.8 Å². The van der Waals surface area contributed by atoms with E-state index in [0.717, 1.165) is 117 Å². The Balaban J connectivity index is 2.19. The lowest BCUT2D eigenvalue weighted by atomic mass is 10.1. The molecule has 4 aliphatic rings. The summed E-state index contributed by atoms with van der Waals surface area (Å²) in [5.74, 6) is -12.2. The summed E-state index contributed by atoms with van der Waals surface area (Å²) in [4.78, 5) is 0. The number of unbranched alkanes of at least 4 members (excludes halogenated alkanes) is 8. The molecule has 0 aromatic rings. The van der Waals surface area contributed by atoms with Crippen molar-refractivity contribution in [1.29, 1.82) is 0 Å². The van der Waals surface area contributed by atoms with E-state index in [1.54, 1.807) is 0 Å². The lowest BCUT2D eigenvalue weighted by Gasteiger charge is -2.61. The number of allylic oxidation sites excluding steroid dienone is 8. The lowest BCUT2D eigenvalue weighted by Crippen LogP contribution is -2.74. The second kappa shape index (κ2) is 35.6. The van der Waals surface area contributed by atoms with Gasteiger partial charge in [0.2, 0.25) is 0 Å². The van der Waals surface area contributed by atoms with Gasteiger partial charge < -0.3 is 0 Å². The van der Waals surface area contributed by atoms with Crippen LogP contribution in [0.2, 0.25) is 0 Å². The second-order valence-corrected chi connectivity index (χ2v) is 37.6. The summed E-state index contributed by atoms with van der Waals surface area (Å²) in [6.45, 7) is 14.9. The van der Waals surface area contributed by atoms with E-state index in [1.165, 1.54) is 0 Å². The van der Waals surface area contributed by atoms with Crippen LogP contribution in [-0.2, 0) is 52.1 Å². The van der Waals surface area contributed by atoms with Gasteiger partial charge in [-0.3, -0.25) is 52.1 Å². The minimum Gasteiger partial charge on any atom is -0.297 e. The zero-order valence-electron chi connectivity index (χ0n) is 45.7. The Labute approximate surface area is 453 Å². The molecule has 4 heterocycles. The van der Waals surface area contributed by atoms with Crippen LogP contribution in [0, 0.1) is 0 Å². The number of hydrogen-bond donors (Lipinski definition) is 0. The summed E-state index contributed by atoms with van der Waals surface area (Å²) in [7, 11) is 9.71. The minimum atomic E-state index is -2.08. The molecular formula is C56H96O11P6. The van der Waals surface area contributed by atoms with Gasteiger partial charge in [0.15, 0.2) is 12.6 Å². The highest BCUT2D eigenvalue weighted by Gasteiger charge is 2.70. The van der Waals surface area contributed by atoms with Gasteiger partial charge in [0.1, 0.15) is 0 Å². The Morgan fingerprint density at radius 3 is 0.932 bits per heavy atom. The van der Waals surface area contributed by atoms with Crippen LogP contribution in [0.5, 0.6) is 0 Å². The number of rotatable bonds is 36. The minimum absolute atomic E-state index is 0.0549. The molecule has 11 nitrogen and oxygen atoms in total. The monoisotopic (exact) mass is 1130 g/mol. The van der Waals surface area contributed by atoms with Crippen LogP contribution in [0.1, 0.15) is 203 Å². The Bertz CT molecular complexity index is 1700. The second-order valence-electron chi connectivity index (χ2n) is 18.9. The van der Waals surface area contributed by atoms with Crippen LogP contribution in [0.4, 0.5) is 0 Å². The van der Waals surface area contributed by atoms with Gasteiger partial charge in [-0.15, -0.1) is 26.8 Å². The zero-order valence-corrected chi connectivity index (χ0v) is 51.9. The highest BCUT2D eigenvalue weighted by atomic mass is 32.9. The maximum Gasteiger partial charge on any atom is 0.299 e. The van der Waals surface area contributed by atoms with Crippen LogP contribution >= 0.6 is 49.0 Å². The Morgan fingerprint density at radius 2 is 0.630 bits per heavy atom. The molecular weight excluding hydrogens is 1030 g/mol. The van der Waals surface area contributed by atoms with E-state index < -0.39 is 48.4 Å². The smallest absolute Gasteiger partial charge is 0.297 e. The number of ether oxygens (including phenoxy) is 11. The first kappa shape index (κ1) is 65.6. The zero-order chi connectivity index (χ0) is 52.8. The largest absolute Gasteiger partial charge is 0.299 e. The average Bonchev–Trinajstić information content (AvgIpc) is 3.34. The summed E-state index contributed by atoms with van der Waals surface area (Å²) < 4.78 is 82.2. The van der Waals surface area contributed by atoms with Gasteiger partial charge in [-0.05, 0) is 71.8 Å². The van der Waals surface area contributed by atoms with Crippen molar-refractivity contribution in [2.45, 2.75) is 251 Å². The molecule has 0 aliphatic carbocycles. The molecule has 9 unspecified atom stereocenters. The maximum absolute atomic E-state index is 7.58. The summed E-state index contributed by atoms with van der Waals surface area (Å²) in [5.41, 5.74) is 0. The first-order valence-electron chi connectivity index (χ1n) is 27.7. The summed E-state index contributed by atoms with van der Waals surface area (Å²) in [6, 6.07) is 0. The van der Waals surface area contributed by atoms with Crippen LogP contribution in [0.15, 0.2) is 97.2 Å². The van der Waals surface area contributed by atoms with Crippen LogP contribution in [0.25, 0.3) is 0 Å². The van der Waals surface area contributed by atoms with E-state index in [2.05, 4.69) is 142 Å². The summed E-state index contributed by atoms with van der Waals surface area (Å²) >= 11 is 0. The SMILES string of the molecule is CCC/C=C/CC1OC2(C/C=C/CCC)OC3(C/C=C/CCC)OC(C/C=C/CCC)OC4(C/C=C/CCC)OC(C/C=C/CCC)(O1)OC(C/C=C/CCCC)(O2)OC(C/C=C/CCP(PP)P(P)P)(O3)O4. The molecule has 73 heavy (non-hydrogen) atoms. The van der Waals surface area contributed by atoms with Crippen molar-refractivity contribution in [2.24, 2.45) is 0 Å². The molecule has 9 atom stereocenters. The van der Waals surface area contributed by atoms with Gasteiger partial charge in [-0.25, -0.2) is 0 Å². The molecule has 17 heteroatoms. The third-order valence-corrected chi connectivity index (χ3v) is 34.4. The van der Waals surface area contributed by atoms with E-state index in [-0.39, 0.29) is 52.8 Å². The van der Waals surface area contributed by atoms with Crippen LogP contribution in [0.3, 0.4) is 0 Å². The van der Waals surface area contributed by atoms with Gasteiger partial charge >= 0.3 is 0 Å². The number of hydrogen-bond acceptors (Lipinski definition) is 11. The highest BCUT2D eigenvalue weighted by Crippen LogP contribution is 2.88. The number of fused-ring (bicyclic) bond motifs is 4. The van der Waals surface area contributed by atoms with Gasteiger partial charge in [0.05, 0.1) is 0 Å². The molecule has 0 aromatic carbocycles. The normalized spacial score (nSPS) is 31.8. The van der Waals surface area contributed by atoms with Crippen LogP contribution < -0.4 is 0 Å². The van der Waals surface area contributed by atoms with Crippen molar-refractivity contribution in [3.05, 3.63) is 97.2 Å². The van der Waals surface area contributed by atoms with Gasteiger partial charge in [-0.1, -0.05) is 205 Å². The molecule has 0 amide bonds. The quantitative estimate of drug-likeness (QED) is 0.0340. The van der Waals surface area contributed by atoms with Gasteiger partial charge in [-0.2, -0.15) is 0 Å². The van der Waals surface area contributed by atoms with E-state index >= 15 is 0 Å². The molecule has 0 spiro atoms. The topological polar surface area (TPSA) is 102 Å². The van der Waals surface area contributed by atoms with Crippen molar-refractivity contribution in [3.63, 3.8) is 0 Å². The fourth-order valence-corrected chi connectivity index (χ4v) is 30.3. The molecule has 416 valence electrons. The highest BCUT2D eigenvalue weighted by molar-refractivity contribution is 8.87. The van der Waals surface area contributed by atoms with Crippen molar-refractivity contribution in [2.75, 3.05) is 6.16 Å². The fourth-order valence-electron chi connectivity index (χ4n) is 8.37. The molecule has 0 aromatic heterocycles. The Morgan fingerprint density at radius 1 is 0.356 bits per heavy atom. The molecule has 0 N–H and O–H groups in total. The van der Waals surface area contributed by atoms with E-state index in [1.807, 2.05) is 30.4 Å². The molecule has 4 rings (SSSR count). The van der Waals surface area contributed by atoms with Crippen molar-refractivity contribution in [3.8, 4) is 0 Å². The Hall–Kier alpha value is 0.0600. The van der Waals surface area contributed by atoms with Crippen LogP contribution in [-0.4, -0.2) is 54.6 Å².